The van der Waals surface area contributed by atoms with Gasteiger partial charge in [-0.3, -0.25) is 9.48 Å². The number of rotatable bonds is 3. The molecule has 1 unspecified atom stereocenters. The Kier molecular flexibility index (Phi) is 3.87. The Morgan fingerprint density at radius 1 is 1.04 bits per heavy atom. The quantitative estimate of drug-likeness (QED) is 0.846. The minimum absolute atomic E-state index is 0.213. The third kappa shape index (κ3) is 2.66. The number of hydrogen-bond acceptors (Lipinski definition) is 5. The van der Waals surface area contributed by atoms with Crippen LogP contribution in [0.4, 0.5) is 11.5 Å². The van der Waals surface area contributed by atoms with E-state index in [1.807, 2.05) is 22.0 Å². The van der Waals surface area contributed by atoms with E-state index < -0.39 is 0 Å². The van der Waals surface area contributed by atoms with Gasteiger partial charge in [0.1, 0.15) is 12.1 Å². The zero-order chi connectivity index (χ0) is 17.5. The lowest BCUT2D eigenvalue weighted by molar-refractivity contribution is -0.117. The molecular formula is C19H24N6O. The monoisotopic (exact) mass is 352 g/mol. The van der Waals surface area contributed by atoms with Gasteiger partial charge in [0.05, 0.1) is 17.9 Å². The predicted octanol–water partition coefficient (Wildman–Crippen LogP) is 2.13. The molecule has 0 spiro atoms. The topological polar surface area (TPSA) is 67.2 Å². The number of aromatic nitrogens is 4. The van der Waals surface area contributed by atoms with Crippen molar-refractivity contribution < 1.29 is 4.79 Å². The minimum atomic E-state index is 0.213. The lowest BCUT2D eigenvalue weighted by Gasteiger charge is -2.24. The Hall–Kier alpha value is -2.44. The second-order valence-corrected chi connectivity index (χ2v) is 7.55. The van der Waals surface area contributed by atoms with Crippen LogP contribution in [0.25, 0.3) is 0 Å². The molecule has 0 N–H and O–H groups in total. The van der Waals surface area contributed by atoms with Crippen molar-refractivity contribution in [3.05, 3.63) is 30.0 Å². The molecule has 1 amide bonds. The summed E-state index contributed by atoms with van der Waals surface area (Å²) in [5.74, 6) is 1.34. The molecule has 3 aliphatic rings. The minimum Gasteiger partial charge on any atom is -0.354 e. The fourth-order valence-electron chi connectivity index (χ4n) is 4.51. The molecule has 2 aromatic rings. The normalized spacial score (nSPS) is 22.9. The number of nitrogens with zero attached hydrogens (tertiary/aromatic N) is 6. The first kappa shape index (κ1) is 15.8. The third-order valence-electron chi connectivity index (χ3n) is 5.91. The lowest BCUT2D eigenvalue weighted by Crippen LogP contribution is -2.25. The molecule has 2 aliphatic heterocycles. The Bertz CT molecular complexity index is 831. The molecule has 26 heavy (non-hydrogen) atoms. The van der Waals surface area contributed by atoms with Crippen LogP contribution < -0.4 is 9.80 Å². The van der Waals surface area contributed by atoms with Crippen LogP contribution >= 0.6 is 0 Å². The number of carbonyl (C=O) groups is 1. The van der Waals surface area contributed by atoms with Crippen LogP contribution in [-0.2, 0) is 17.6 Å². The second-order valence-electron chi connectivity index (χ2n) is 7.55. The van der Waals surface area contributed by atoms with Gasteiger partial charge in [-0.2, -0.15) is 5.10 Å². The summed E-state index contributed by atoms with van der Waals surface area (Å²) in [6.45, 7) is 2.72. The van der Waals surface area contributed by atoms with Gasteiger partial charge in [0.15, 0.2) is 0 Å². The summed E-state index contributed by atoms with van der Waals surface area (Å²) >= 11 is 0. The average Bonchev–Trinajstić information content (AvgIpc) is 3.41. The van der Waals surface area contributed by atoms with Gasteiger partial charge < -0.3 is 9.80 Å². The van der Waals surface area contributed by atoms with Crippen molar-refractivity contribution in [1.82, 2.24) is 19.7 Å². The summed E-state index contributed by atoms with van der Waals surface area (Å²) in [6.07, 6.45) is 12.9. The largest absolute Gasteiger partial charge is 0.354 e. The molecule has 7 nitrogen and oxygen atoms in total. The maximum absolute atomic E-state index is 11.9. The van der Waals surface area contributed by atoms with Crippen molar-refractivity contribution in [1.29, 1.82) is 0 Å². The number of anilines is 2. The molecule has 1 aliphatic carbocycles. The van der Waals surface area contributed by atoms with Crippen molar-refractivity contribution in [2.45, 2.75) is 51.0 Å². The summed E-state index contributed by atoms with van der Waals surface area (Å²) in [4.78, 5) is 25.3. The zero-order valence-corrected chi connectivity index (χ0v) is 15.0. The Morgan fingerprint density at radius 3 is 2.85 bits per heavy atom. The zero-order valence-electron chi connectivity index (χ0n) is 15.0. The van der Waals surface area contributed by atoms with Crippen LogP contribution in [0.15, 0.2) is 18.7 Å². The van der Waals surface area contributed by atoms with Gasteiger partial charge in [-0.25, -0.2) is 9.97 Å². The maximum atomic E-state index is 11.9. The second kappa shape index (κ2) is 6.37. The molecule has 4 heterocycles. The highest BCUT2D eigenvalue weighted by atomic mass is 16.2. The fraction of sp³-hybridized carbons (Fsp3) is 0.579. The van der Waals surface area contributed by atoms with Crippen molar-refractivity contribution >= 4 is 17.4 Å². The highest BCUT2D eigenvalue weighted by Gasteiger charge is 2.30. The fourth-order valence-corrected chi connectivity index (χ4v) is 4.51. The first-order chi connectivity index (χ1) is 12.8. The molecule has 0 bridgehead atoms. The first-order valence-electron chi connectivity index (χ1n) is 9.72. The molecule has 0 aromatic carbocycles. The van der Waals surface area contributed by atoms with E-state index in [4.69, 9.17) is 0 Å². The Morgan fingerprint density at radius 2 is 1.96 bits per heavy atom. The number of amides is 1. The van der Waals surface area contributed by atoms with Crippen molar-refractivity contribution in [3.8, 4) is 0 Å². The molecule has 5 rings (SSSR count). The van der Waals surface area contributed by atoms with E-state index in [1.165, 1.54) is 24.1 Å². The van der Waals surface area contributed by atoms with Gasteiger partial charge in [0.2, 0.25) is 5.91 Å². The van der Waals surface area contributed by atoms with E-state index in [0.29, 0.717) is 12.5 Å². The summed E-state index contributed by atoms with van der Waals surface area (Å²) in [6, 6.07) is 0.329. The summed E-state index contributed by atoms with van der Waals surface area (Å²) in [5, 5.41) is 4.56. The van der Waals surface area contributed by atoms with Crippen molar-refractivity contribution in [2.75, 3.05) is 29.4 Å². The van der Waals surface area contributed by atoms with Crippen molar-refractivity contribution in [2.24, 2.45) is 0 Å². The van der Waals surface area contributed by atoms with E-state index in [2.05, 4.69) is 20.0 Å². The number of carbonyl (C=O) groups excluding carboxylic acids is 1. The van der Waals surface area contributed by atoms with Crippen LogP contribution in [0.5, 0.6) is 0 Å². The smallest absolute Gasteiger partial charge is 0.227 e. The van der Waals surface area contributed by atoms with Crippen LogP contribution in [0.3, 0.4) is 0 Å². The Balaban J connectivity index is 1.34. The van der Waals surface area contributed by atoms with Gasteiger partial charge in [-0.15, -0.1) is 0 Å². The SMILES string of the molecule is O=C1CCCN1c1cnn(C2CCN(c3ncnc4c3CCCC4)C2)c1. The van der Waals surface area contributed by atoms with Gasteiger partial charge in [0.25, 0.3) is 0 Å². The highest BCUT2D eigenvalue weighted by molar-refractivity contribution is 5.95. The summed E-state index contributed by atoms with van der Waals surface area (Å²) in [7, 11) is 0. The third-order valence-corrected chi connectivity index (χ3v) is 5.91. The van der Waals surface area contributed by atoms with Gasteiger partial charge in [-0.1, -0.05) is 0 Å². The molecule has 136 valence electrons. The lowest BCUT2D eigenvalue weighted by atomic mass is 9.96. The molecule has 0 saturated carbocycles. The predicted molar refractivity (Wildman–Crippen MR) is 98.4 cm³/mol. The molecule has 2 fully saturated rings. The van der Waals surface area contributed by atoms with Gasteiger partial charge in [0, 0.05) is 43.5 Å². The summed E-state index contributed by atoms with van der Waals surface area (Å²) < 4.78 is 2.04. The van der Waals surface area contributed by atoms with Crippen LogP contribution in [0.2, 0.25) is 0 Å². The van der Waals surface area contributed by atoms with Crippen molar-refractivity contribution in [3.63, 3.8) is 0 Å². The first-order valence-corrected chi connectivity index (χ1v) is 9.72. The number of fused-ring (bicyclic) bond motifs is 1. The van der Waals surface area contributed by atoms with E-state index in [1.54, 1.807) is 6.33 Å². The van der Waals surface area contributed by atoms with Crippen LogP contribution in [-0.4, -0.2) is 45.3 Å². The van der Waals surface area contributed by atoms with Crippen LogP contribution in [0.1, 0.15) is 49.4 Å². The molecular weight excluding hydrogens is 328 g/mol. The Labute approximate surface area is 153 Å². The molecule has 2 aromatic heterocycles. The van der Waals surface area contributed by atoms with E-state index in [9.17, 15) is 4.79 Å². The standard InChI is InChI=1S/C19H24N6O/c26-18-6-3-8-24(18)15-10-22-25(12-15)14-7-9-23(11-14)19-16-4-1-2-5-17(16)20-13-21-19/h10,12-14H,1-9,11H2. The molecule has 2 saturated heterocycles. The van der Waals surface area contributed by atoms with Crippen LogP contribution in [0, 0.1) is 0 Å². The molecule has 7 heteroatoms. The van der Waals surface area contributed by atoms with E-state index >= 15 is 0 Å². The number of aryl methyl sites for hydroxylation is 1. The highest BCUT2D eigenvalue weighted by Crippen LogP contribution is 2.32. The molecule has 1 atom stereocenters. The number of hydrogen-bond donors (Lipinski definition) is 0. The van der Waals surface area contributed by atoms with Gasteiger partial charge >= 0.3 is 0 Å². The van der Waals surface area contributed by atoms with E-state index in [-0.39, 0.29) is 5.91 Å². The van der Waals surface area contributed by atoms with Gasteiger partial charge in [-0.05, 0) is 38.5 Å². The van der Waals surface area contributed by atoms with E-state index in [0.717, 1.165) is 56.8 Å². The molecule has 0 radical (unpaired) electrons. The summed E-state index contributed by atoms with van der Waals surface area (Å²) in [5.41, 5.74) is 3.52. The average molecular weight is 352 g/mol. The maximum Gasteiger partial charge on any atom is 0.227 e.